The van der Waals surface area contributed by atoms with E-state index in [-0.39, 0.29) is 17.1 Å². The topological polar surface area (TPSA) is 49.8 Å². The van der Waals surface area contributed by atoms with Gasteiger partial charge in [-0.05, 0) is 30.5 Å². The summed E-state index contributed by atoms with van der Waals surface area (Å²) in [5, 5.41) is 9.49. The minimum absolute atomic E-state index is 0.0538. The molecule has 0 saturated carbocycles. The van der Waals surface area contributed by atoms with E-state index in [0.29, 0.717) is 24.0 Å². The molecular formula is C20H24F3NO3S. The standard InChI is InChI=1S/C20H24F3NO3S/c1-14(2)9-12-24-11-3-4-17(27-19(25)26)18(24)28-13-10-20(22,23)15-5-7-16(21)8-6-15/h3-8,14H,9-13H2,1-2H3,(H,25,26). The number of halogens is 3. The number of nitrogens with zero attached hydrogens (tertiary/aromatic N) is 1. The highest BCUT2D eigenvalue weighted by Crippen LogP contribution is 2.36. The van der Waals surface area contributed by atoms with Gasteiger partial charge in [-0.2, -0.15) is 0 Å². The molecule has 0 spiro atoms. The first-order valence-electron chi connectivity index (χ1n) is 9.02. The molecular weight excluding hydrogens is 391 g/mol. The highest BCUT2D eigenvalue weighted by atomic mass is 32.2. The molecule has 4 nitrogen and oxygen atoms in total. The van der Waals surface area contributed by atoms with E-state index in [1.165, 1.54) is 0 Å². The quantitative estimate of drug-likeness (QED) is 0.515. The van der Waals surface area contributed by atoms with E-state index in [9.17, 15) is 18.0 Å². The minimum atomic E-state index is -3.11. The average molecular weight is 415 g/mol. The molecule has 1 aliphatic rings. The Morgan fingerprint density at radius 3 is 2.61 bits per heavy atom. The average Bonchev–Trinajstić information content (AvgIpc) is 2.61. The second-order valence-corrected chi connectivity index (χ2v) is 7.96. The number of rotatable bonds is 9. The number of thioether (sulfide) groups is 1. The van der Waals surface area contributed by atoms with Gasteiger partial charge in [0, 0.05) is 30.8 Å². The molecule has 0 aromatic heterocycles. The summed E-state index contributed by atoms with van der Waals surface area (Å²) < 4.78 is 46.6. The molecule has 1 aromatic rings. The van der Waals surface area contributed by atoms with E-state index in [1.807, 2.05) is 4.90 Å². The van der Waals surface area contributed by atoms with Crippen LogP contribution in [0.3, 0.4) is 0 Å². The molecule has 0 aliphatic carbocycles. The lowest BCUT2D eigenvalue weighted by atomic mass is 10.1. The summed E-state index contributed by atoms with van der Waals surface area (Å²) in [5.41, 5.74) is -0.245. The van der Waals surface area contributed by atoms with Crippen LogP contribution < -0.4 is 0 Å². The van der Waals surface area contributed by atoms with Gasteiger partial charge in [0.05, 0.1) is 0 Å². The fraction of sp³-hybridized carbons (Fsp3) is 0.450. The highest BCUT2D eigenvalue weighted by Gasteiger charge is 2.32. The van der Waals surface area contributed by atoms with E-state index >= 15 is 0 Å². The lowest BCUT2D eigenvalue weighted by Gasteiger charge is -2.30. The maximum Gasteiger partial charge on any atom is 0.511 e. The van der Waals surface area contributed by atoms with Crippen molar-refractivity contribution in [1.29, 1.82) is 0 Å². The summed E-state index contributed by atoms with van der Waals surface area (Å²) in [6.45, 7) is 5.39. The number of ether oxygens (including phenoxy) is 1. The maximum absolute atomic E-state index is 14.4. The number of carboxylic acid groups (broad SMARTS) is 1. The third kappa shape index (κ3) is 6.51. The van der Waals surface area contributed by atoms with E-state index in [0.717, 1.165) is 42.4 Å². The van der Waals surface area contributed by atoms with Crippen molar-refractivity contribution in [2.24, 2.45) is 5.92 Å². The van der Waals surface area contributed by atoms with Gasteiger partial charge in [-0.1, -0.05) is 32.1 Å². The molecule has 0 atom stereocenters. The number of benzene rings is 1. The van der Waals surface area contributed by atoms with E-state index in [2.05, 4.69) is 13.8 Å². The van der Waals surface area contributed by atoms with Gasteiger partial charge < -0.3 is 14.7 Å². The lowest BCUT2D eigenvalue weighted by molar-refractivity contribution is -0.00708. The minimum Gasteiger partial charge on any atom is -0.449 e. The predicted molar refractivity (Wildman–Crippen MR) is 104 cm³/mol. The van der Waals surface area contributed by atoms with Gasteiger partial charge in [-0.25, -0.2) is 18.0 Å². The number of carbonyl (C=O) groups is 1. The summed E-state index contributed by atoms with van der Waals surface area (Å²) in [6.07, 6.45) is 2.31. The van der Waals surface area contributed by atoms with E-state index < -0.39 is 24.3 Å². The molecule has 0 unspecified atom stereocenters. The van der Waals surface area contributed by atoms with Crippen molar-refractivity contribution in [1.82, 2.24) is 4.90 Å². The van der Waals surface area contributed by atoms with E-state index in [4.69, 9.17) is 9.84 Å². The molecule has 8 heteroatoms. The molecule has 0 bridgehead atoms. The van der Waals surface area contributed by atoms with Crippen molar-refractivity contribution in [3.05, 3.63) is 58.6 Å². The van der Waals surface area contributed by atoms with Crippen molar-refractivity contribution in [2.45, 2.75) is 32.6 Å². The van der Waals surface area contributed by atoms with Gasteiger partial charge in [0.15, 0.2) is 5.76 Å². The molecule has 1 N–H and O–H groups in total. The number of allylic oxidation sites excluding steroid dienone is 1. The van der Waals surface area contributed by atoms with Crippen LogP contribution in [0.25, 0.3) is 0 Å². The first kappa shape index (κ1) is 22.2. The Hall–Kier alpha value is -2.09. The van der Waals surface area contributed by atoms with Crippen molar-refractivity contribution in [2.75, 3.05) is 18.8 Å². The van der Waals surface area contributed by atoms with Gasteiger partial charge in [-0.3, -0.25) is 0 Å². The highest BCUT2D eigenvalue weighted by molar-refractivity contribution is 8.03. The van der Waals surface area contributed by atoms with Crippen molar-refractivity contribution in [3.8, 4) is 0 Å². The summed E-state index contributed by atoms with van der Waals surface area (Å²) in [5.74, 6) is -3.02. The van der Waals surface area contributed by atoms with Crippen LogP contribution in [0.1, 0.15) is 32.3 Å². The summed E-state index contributed by atoms with van der Waals surface area (Å²) >= 11 is 1.14. The van der Waals surface area contributed by atoms with Crippen LogP contribution in [-0.4, -0.2) is 35.0 Å². The molecule has 1 heterocycles. The van der Waals surface area contributed by atoms with Gasteiger partial charge in [0.2, 0.25) is 0 Å². The third-order valence-corrected chi connectivity index (χ3v) is 5.33. The first-order chi connectivity index (χ1) is 13.2. The SMILES string of the molecule is CC(C)CCN1CC=CC(OC(=O)O)=C1SCCC(F)(F)c1ccc(F)cc1. The largest absolute Gasteiger partial charge is 0.511 e. The second-order valence-electron chi connectivity index (χ2n) is 6.88. The van der Waals surface area contributed by atoms with Gasteiger partial charge in [0.25, 0.3) is 5.92 Å². The molecule has 0 fully saturated rings. The van der Waals surface area contributed by atoms with Gasteiger partial charge in [-0.15, -0.1) is 11.8 Å². The second kappa shape index (κ2) is 9.91. The van der Waals surface area contributed by atoms with Crippen molar-refractivity contribution >= 4 is 17.9 Å². The molecule has 0 saturated heterocycles. The number of hydrogen-bond acceptors (Lipinski definition) is 4. The zero-order valence-electron chi connectivity index (χ0n) is 15.8. The Balaban J connectivity index is 2.08. The van der Waals surface area contributed by atoms with Gasteiger partial charge >= 0.3 is 6.16 Å². The molecule has 0 amide bonds. The van der Waals surface area contributed by atoms with Crippen LogP contribution in [0.2, 0.25) is 0 Å². The zero-order chi connectivity index (χ0) is 20.7. The van der Waals surface area contributed by atoms with Crippen molar-refractivity contribution in [3.63, 3.8) is 0 Å². The Kier molecular flexibility index (Phi) is 7.86. The van der Waals surface area contributed by atoms with E-state index in [1.54, 1.807) is 12.2 Å². The molecule has 0 radical (unpaired) electrons. The van der Waals surface area contributed by atoms with Crippen LogP contribution in [0, 0.1) is 11.7 Å². The smallest absolute Gasteiger partial charge is 0.449 e. The zero-order valence-corrected chi connectivity index (χ0v) is 16.6. The maximum atomic E-state index is 14.4. The van der Waals surface area contributed by atoms with Crippen LogP contribution in [-0.2, 0) is 10.7 Å². The summed E-state index contributed by atoms with van der Waals surface area (Å²) in [6, 6.07) is 4.18. The van der Waals surface area contributed by atoms with Crippen LogP contribution in [0.4, 0.5) is 18.0 Å². The fourth-order valence-corrected chi connectivity index (χ4v) is 3.80. The van der Waals surface area contributed by atoms with Crippen LogP contribution in [0.5, 0.6) is 0 Å². The Morgan fingerprint density at radius 2 is 2.00 bits per heavy atom. The van der Waals surface area contributed by atoms with Crippen LogP contribution in [0.15, 0.2) is 47.2 Å². The Morgan fingerprint density at radius 1 is 1.32 bits per heavy atom. The monoisotopic (exact) mass is 415 g/mol. The molecule has 1 aliphatic heterocycles. The van der Waals surface area contributed by atoms with Crippen LogP contribution >= 0.6 is 11.8 Å². The first-order valence-corrected chi connectivity index (χ1v) is 10.0. The van der Waals surface area contributed by atoms with Gasteiger partial charge in [0.1, 0.15) is 10.8 Å². The Bertz CT molecular complexity index is 733. The molecule has 1 aromatic carbocycles. The predicted octanol–water partition coefficient (Wildman–Crippen LogP) is 5.82. The summed E-state index contributed by atoms with van der Waals surface area (Å²) in [7, 11) is 0. The van der Waals surface area contributed by atoms with Crippen molar-refractivity contribution < 1.29 is 27.8 Å². The lowest BCUT2D eigenvalue weighted by Crippen LogP contribution is -2.28. The number of hydrogen-bond donors (Lipinski definition) is 1. The normalized spacial score (nSPS) is 14.7. The third-order valence-electron chi connectivity index (χ3n) is 4.19. The summed E-state index contributed by atoms with van der Waals surface area (Å²) in [4.78, 5) is 12.9. The Labute approximate surface area is 167 Å². The molecule has 154 valence electrons. The fourth-order valence-electron chi connectivity index (χ4n) is 2.65. The molecule has 28 heavy (non-hydrogen) atoms. The molecule has 2 rings (SSSR count). The number of alkyl halides is 2.